The van der Waals surface area contributed by atoms with Crippen LogP contribution in [0.1, 0.15) is 22.3 Å². The summed E-state index contributed by atoms with van der Waals surface area (Å²) in [5.74, 6) is 0. The highest BCUT2D eigenvalue weighted by molar-refractivity contribution is 6.19. The Labute approximate surface area is 607 Å². The molecule has 0 bridgehead atoms. The van der Waals surface area contributed by atoms with Crippen molar-refractivity contribution >= 4 is 87.2 Å². The van der Waals surface area contributed by atoms with Gasteiger partial charge in [-0.2, -0.15) is 0 Å². The zero-order valence-corrected chi connectivity index (χ0v) is 58.7. The van der Waals surface area contributed by atoms with Gasteiger partial charge in [0.2, 0.25) is 0 Å². The Balaban J connectivity index is 0.000000103. The van der Waals surface area contributed by atoms with E-state index in [1.165, 1.54) is 177 Å². The summed E-state index contributed by atoms with van der Waals surface area (Å²) in [5.41, 5.74) is 30.1. The maximum atomic E-state index is 2.39. The van der Waals surface area contributed by atoms with Crippen LogP contribution in [-0.2, 0) is 0 Å². The quantitative estimate of drug-likeness (QED) is 0.144. The fraction of sp³-hybridized carbons (Fsp3) is 0.0400. The highest BCUT2D eigenvalue weighted by atomic mass is 15.0. The van der Waals surface area contributed by atoms with Crippen molar-refractivity contribution in [1.82, 2.24) is 18.3 Å². The average molecular weight is 1330 g/mol. The molecule has 496 valence electrons. The fourth-order valence-corrected chi connectivity index (χ4v) is 15.6. The van der Waals surface area contributed by atoms with Gasteiger partial charge in [-0.1, -0.05) is 314 Å². The average Bonchev–Trinajstić information content (AvgIpc) is 1.62. The predicted molar refractivity (Wildman–Crippen MR) is 444 cm³/mol. The lowest BCUT2D eigenvalue weighted by Gasteiger charge is -2.11. The number of aromatic nitrogens is 4. The lowest BCUT2D eigenvalue weighted by atomic mass is 9.96. The van der Waals surface area contributed by atoms with Crippen molar-refractivity contribution in [3.8, 4) is 67.3 Å². The second-order valence-corrected chi connectivity index (χ2v) is 27.0. The molecule has 16 aromatic carbocycles. The predicted octanol–water partition coefficient (Wildman–Crippen LogP) is 27.0. The van der Waals surface area contributed by atoms with Crippen molar-refractivity contribution < 1.29 is 0 Å². The summed E-state index contributed by atoms with van der Waals surface area (Å²) >= 11 is 0. The molecule has 0 aliphatic heterocycles. The smallest absolute Gasteiger partial charge is 0.0619 e. The van der Waals surface area contributed by atoms with Gasteiger partial charge < -0.3 is 18.3 Å². The Bertz CT molecular complexity index is 6470. The summed E-state index contributed by atoms with van der Waals surface area (Å²) in [7, 11) is 0. The van der Waals surface area contributed by atoms with Gasteiger partial charge in [-0.25, -0.2) is 0 Å². The van der Waals surface area contributed by atoms with E-state index in [0.29, 0.717) is 0 Å². The van der Waals surface area contributed by atoms with Gasteiger partial charge in [0, 0.05) is 71.4 Å². The van der Waals surface area contributed by atoms with Crippen molar-refractivity contribution in [1.29, 1.82) is 0 Å². The van der Waals surface area contributed by atoms with Gasteiger partial charge in [-0.15, -0.1) is 0 Å². The molecule has 0 atom stereocenters. The summed E-state index contributed by atoms with van der Waals surface area (Å²) in [6.45, 7) is 8.60. The van der Waals surface area contributed by atoms with Crippen LogP contribution in [0.3, 0.4) is 0 Å². The van der Waals surface area contributed by atoms with Crippen LogP contribution in [0.5, 0.6) is 0 Å². The molecular weight excluding hydrogens is 1260 g/mol. The Hall–Kier alpha value is -13.3. The molecule has 4 aromatic heterocycles. The third-order valence-electron chi connectivity index (χ3n) is 20.3. The van der Waals surface area contributed by atoms with Crippen molar-refractivity contribution in [2.45, 2.75) is 27.7 Å². The number of para-hydroxylation sites is 9. The minimum absolute atomic E-state index is 1.19. The van der Waals surface area contributed by atoms with Gasteiger partial charge in [-0.3, -0.25) is 0 Å². The molecular formula is C100H76N4. The third kappa shape index (κ3) is 11.9. The van der Waals surface area contributed by atoms with Crippen molar-refractivity contribution in [2.75, 3.05) is 0 Å². The van der Waals surface area contributed by atoms with Crippen LogP contribution < -0.4 is 0 Å². The first-order valence-corrected chi connectivity index (χ1v) is 35.9. The molecule has 0 fully saturated rings. The molecule has 0 saturated heterocycles. The van der Waals surface area contributed by atoms with Crippen LogP contribution in [0, 0.1) is 27.7 Å². The Kier molecular flexibility index (Phi) is 17.3. The van der Waals surface area contributed by atoms with Crippen LogP contribution in [-0.4, -0.2) is 18.3 Å². The summed E-state index contributed by atoms with van der Waals surface area (Å²) in [6.07, 6.45) is 0. The van der Waals surface area contributed by atoms with Gasteiger partial charge in [-0.05, 0) is 163 Å². The monoisotopic (exact) mass is 1330 g/mol. The number of benzene rings is 16. The van der Waals surface area contributed by atoms with E-state index in [4.69, 9.17) is 0 Å². The number of rotatable bonds is 8. The zero-order valence-electron chi connectivity index (χ0n) is 58.7. The Morgan fingerprint density at radius 1 is 0.173 bits per heavy atom. The fourth-order valence-electron chi connectivity index (χ4n) is 15.6. The molecule has 0 amide bonds. The molecule has 0 N–H and O–H groups in total. The molecule has 104 heavy (non-hydrogen) atoms. The van der Waals surface area contributed by atoms with Crippen molar-refractivity contribution in [2.24, 2.45) is 0 Å². The van der Waals surface area contributed by atoms with E-state index in [-0.39, 0.29) is 0 Å². The standard InChI is InChI=1S/4C25H19N/c1-18-9-7-10-19(17-18)21-14-8-16-24-25(21)22-13-5-6-15-23(22)26(24)20-11-3-2-4-12-20;1-18-10-5-6-13-20(18)21-15-9-17-24-25(21)22-14-7-8-16-23(22)26(24)19-11-3-2-4-12-19;1-18-14-16-19(17-15-18)21-11-7-12-23-22-10-5-6-13-24(22)26(25(21)23)20-8-3-2-4-9-20;1-18-14-16-19(17-15-18)21-11-7-13-24-25(21)22-10-5-6-12-23(22)26(24)20-8-3-2-4-9-20/h4*2-17H,1H3. The maximum Gasteiger partial charge on any atom is 0.0619 e. The molecule has 0 aliphatic rings. The van der Waals surface area contributed by atoms with Gasteiger partial charge in [0.1, 0.15) is 0 Å². The molecule has 4 heteroatoms. The zero-order chi connectivity index (χ0) is 70.0. The summed E-state index contributed by atoms with van der Waals surface area (Å²) in [5, 5.41) is 10.4. The van der Waals surface area contributed by atoms with E-state index in [0.717, 1.165) is 0 Å². The van der Waals surface area contributed by atoms with Crippen LogP contribution >= 0.6 is 0 Å². The number of hydrogen-bond acceptors (Lipinski definition) is 0. The van der Waals surface area contributed by atoms with Crippen molar-refractivity contribution in [3.05, 3.63) is 411 Å². The second kappa shape index (κ2) is 28.0. The van der Waals surface area contributed by atoms with Gasteiger partial charge in [0.05, 0.1) is 44.1 Å². The first-order chi connectivity index (χ1) is 51.3. The highest BCUT2D eigenvalue weighted by Crippen LogP contribution is 2.44. The Morgan fingerprint density at radius 3 is 0.933 bits per heavy atom. The molecule has 20 rings (SSSR count). The lowest BCUT2D eigenvalue weighted by Crippen LogP contribution is -1.95. The van der Waals surface area contributed by atoms with Gasteiger partial charge in [0.15, 0.2) is 0 Å². The van der Waals surface area contributed by atoms with Crippen LogP contribution in [0.15, 0.2) is 388 Å². The molecule has 4 heterocycles. The minimum Gasteiger partial charge on any atom is -0.309 e. The van der Waals surface area contributed by atoms with E-state index < -0.39 is 0 Å². The van der Waals surface area contributed by atoms with Gasteiger partial charge in [0.25, 0.3) is 0 Å². The third-order valence-corrected chi connectivity index (χ3v) is 20.3. The normalized spacial score (nSPS) is 11.3. The molecule has 0 saturated carbocycles. The number of nitrogens with zero attached hydrogens (tertiary/aromatic N) is 4. The van der Waals surface area contributed by atoms with E-state index in [1.54, 1.807) is 0 Å². The second-order valence-electron chi connectivity index (χ2n) is 27.0. The lowest BCUT2D eigenvalue weighted by molar-refractivity contribution is 1.18. The molecule has 4 nitrogen and oxygen atoms in total. The molecule has 0 radical (unpaired) electrons. The van der Waals surface area contributed by atoms with Crippen molar-refractivity contribution in [3.63, 3.8) is 0 Å². The summed E-state index contributed by atoms with van der Waals surface area (Å²) in [4.78, 5) is 0. The summed E-state index contributed by atoms with van der Waals surface area (Å²) < 4.78 is 9.48. The van der Waals surface area contributed by atoms with Gasteiger partial charge >= 0.3 is 0 Å². The first kappa shape index (κ1) is 64.1. The molecule has 20 aromatic rings. The first-order valence-electron chi connectivity index (χ1n) is 35.9. The topological polar surface area (TPSA) is 19.7 Å². The molecule has 0 spiro atoms. The SMILES string of the molecule is Cc1ccc(-c2cccc3c2c2ccccc2n3-c2ccccc2)cc1.Cc1ccc(-c2cccc3c4ccccc4n(-c4ccccc4)c23)cc1.Cc1cccc(-c2cccc3c2c2ccccc2n3-c2ccccc2)c1.Cc1ccccc1-c1cccc2c1c1ccccc1n2-c1ccccc1. The minimum atomic E-state index is 1.19. The number of fused-ring (bicyclic) bond motifs is 12. The van der Waals surface area contributed by atoms with E-state index in [1.807, 2.05) is 0 Å². The highest BCUT2D eigenvalue weighted by Gasteiger charge is 2.21. The molecule has 0 aliphatic carbocycles. The van der Waals surface area contributed by atoms with E-state index in [9.17, 15) is 0 Å². The maximum absolute atomic E-state index is 2.39. The van der Waals surface area contributed by atoms with Crippen LogP contribution in [0.25, 0.3) is 154 Å². The molecule has 0 unspecified atom stereocenters. The van der Waals surface area contributed by atoms with Crippen LogP contribution in [0.4, 0.5) is 0 Å². The van der Waals surface area contributed by atoms with E-state index >= 15 is 0 Å². The van der Waals surface area contributed by atoms with Crippen LogP contribution in [0.2, 0.25) is 0 Å². The number of hydrogen-bond donors (Lipinski definition) is 0. The van der Waals surface area contributed by atoms with E-state index in [2.05, 4.69) is 434 Å². The number of aryl methyl sites for hydroxylation is 4. The Morgan fingerprint density at radius 2 is 0.481 bits per heavy atom. The summed E-state index contributed by atoms with van der Waals surface area (Å²) in [6, 6.07) is 139. The largest absolute Gasteiger partial charge is 0.309 e.